The van der Waals surface area contributed by atoms with E-state index in [2.05, 4.69) is 11.9 Å². The molecule has 1 atom stereocenters. The Kier molecular flexibility index (Phi) is 3.39. The molecule has 4 nitrogen and oxygen atoms in total. The maximum absolute atomic E-state index is 13.1. The van der Waals surface area contributed by atoms with Crippen molar-refractivity contribution in [2.75, 3.05) is 0 Å². The van der Waals surface area contributed by atoms with Gasteiger partial charge in [-0.05, 0) is 67.2 Å². The highest BCUT2D eigenvalue weighted by Crippen LogP contribution is 2.35. The van der Waals surface area contributed by atoms with Gasteiger partial charge in [0.25, 0.3) is 5.56 Å². The van der Waals surface area contributed by atoms with E-state index in [1.54, 1.807) is 35.6 Å². The molecule has 0 bridgehead atoms. The lowest BCUT2D eigenvalue weighted by molar-refractivity contribution is 0.475. The van der Waals surface area contributed by atoms with Gasteiger partial charge in [-0.2, -0.15) is 0 Å². The summed E-state index contributed by atoms with van der Waals surface area (Å²) in [4.78, 5) is 18.5. The normalized spacial score (nSPS) is 17.3. The fourth-order valence-electron chi connectivity index (χ4n) is 3.26. The van der Waals surface area contributed by atoms with Crippen molar-refractivity contribution in [2.45, 2.75) is 26.2 Å². The van der Waals surface area contributed by atoms with Crippen LogP contribution in [0.5, 0.6) is 5.75 Å². The molecule has 2 heterocycles. The predicted octanol–water partition coefficient (Wildman–Crippen LogP) is 3.94. The minimum absolute atomic E-state index is 0.0681. The molecule has 1 aliphatic rings. The molecule has 0 saturated heterocycles. The summed E-state index contributed by atoms with van der Waals surface area (Å²) in [6.07, 6.45) is 3.10. The van der Waals surface area contributed by atoms with Crippen molar-refractivity contribution in [2.24, 2.45) is 5.92 Å². The van der Waals surface area contributed by atoms with Gasteiger partial charge in [0.1, 0.15) is 10.6 Å². The lowest BCUT2D eigenvalue weighted by atomic mass is 9.89. The van der Waals surface area contributed by atoms with E-state index in [0.29, 0.717) is 16.4 Å². The number of H-pyrrole nitrogens is 1. The summed E-state index contributed by atoms with van der Waals surface area (Å²) in [7, 11) is 0. The Balaban J connectivity index is 2.02. The Morgan fingerprint density at radius 2 is 2.09 bits per heavy atom. The second kappa shape index (κ2) is 5.32. The Morgan fingerprint density at radius 1 is 1.35 bits per heavy atom. The molecular weight excluding hydrogens is 328 g/mol. The van der Waals surface area contributed by atoms with Crippen molar-refractivity contribution < 1.29 is 5.11 Å². The third-order valence-corrected chi connectivity index (χ3v) is 5.91. The molecule has 0 spiro atoms. The minimum atomic E-state index is -0.0681. The highest BCUT2D eigenvalue weighted by atomic mass is 32.1. The van der Waals surface area contributed by atoms with E-state index in [1.165, 1.54) is 15.0 Å². The van der Waals surface area contributed by atoms with E-state index in [9.17, 15) is 9.90 Å². The predicted molar refractivity (Wildman–Crippen MR) is 95.5 cm³/mol. The van der Waals surface area contributed by atoms with Crippen molar-refractivity contribution in [3.63, 3.8) is 0 Å². The zero-order valence-corrected chi connectivity index (χ0v) is 14.3. The van der Waals surface area contributed by atoms with Gasteiger partial charge in [-0.15, -0.1) is 11.3 Å². The van der Waals surface area contributed by atoms with Crippen LogP contribution in [-0.4, -0.2) is 14.7 Å². The summed E-state index contributed by atoms with van der Waals surface area (Å²) in [5, 5.41) is 10.2. The lowest BCUT2D eigenvalue weighted by Crippen LogP contribution is -2.21. The molecule has 1 aliphatic carbocycles. The van der Waals surface area contributed by atoms with Crippen LogP contribution in [0.3, 0.4) is 0 Å². The van der Waals surface area contributed by atoms with Gasteiger partial charge in [0.2, 0.25) is 0 Å². The number of aromatic hydroxyl groups is 1. The molecule has 118 valence electrons. The number of aryl methyl sites for hydroxylation is 1. The molecule has 2 N–H and O–H groups in total. The van der Waals surface area contributed by atoms with Gasteiger partial charge in [0, 0.05) is 4.88 Å². The average Bonchev–Trinajstić information content (AvgIpc) is 2.86. The van der Waals surface area contributed by atoms with Crippen LogP contribution in [0.15, 0.2) is 29.1 Å². The van der Waals surface area contributed by atoms with Crippen LogP contribution in [-0.2, 0) is 12.8 Å². The van der Waals surface area contributed by atoms with E-state index in [0.717, 1.165) is 29.5 Å². The van der Waals surface area contributed by atoms with Gasteiger partial charge in [-0.25, -0.2) is 0 Å². The van der Waals surface area contributed by atoms with Crippen LogP contribution in [0.2, 0.25) is 0 Å². The number of nitrogens with zero attached hydrogens (tertiary/aromatic N) is 1. The molecule has 4 rings (SSSR count). The smallest absolute Gasteiger partial charge is 0.267 e. The molecule has 0 aliphatic heterocycles. The molecule has 0 saturated carbocycles. The number of phenols is 1. The first kappa shape index (κ1) is 14.7. The topological polar surface area (TPSA) is 58.0 Å². The van der Waals surface area contributed by atoms with Crippen LogP contribution >= 0.6 is 23.6 Å². The molecule has 3 aromatic rings. The van der Waals surface area contributed by atoms with E-state index in [4.69, 9.17) is 12.2 Å². The first-order valence-corrected chi connectivity index (χ1v) is 8.86. The van der Waals surface area contributed by atoms with Gasteiger partial charge < -0.3 is 10.1 Å². The van der Waals surface area contributed by atoms with Gasteiger partial charge in [0.15, 0.2) is 4.77 Å². The molecule has 0 radical (unpaired) electrons. The summed E-state index contributed by atoms with van der Waals surface area (Å²) in [6.45, 7) is 2.25. The van der Waals surface area contributed by atoms with Gasteiger partial charge in [-0.1, -0.05) is 6.92 Å². The van der Waals surface area contributed by atoms with Crippen molar-refractivity contribution in [1.29, 1.82) is 0 Å². The average molecular weight is 344 g/mol. The SMILES string of the molecule is C[C@@H]1CCc2c(sc3[nH]c(=S)n(-c4ccc(O)cc4)c(=O)c23)C1. The maximum atomic E-state index is 13.1. The molecule has 0 unspecified atom stereocenters. The Bertz CT molecular complexity index is 1010. The van der Waals surface area contributed by atoms with Crippen LogP contribution in [0, 0.1) is 10.7 Å². The molecule has 2 aromatic heterocycles. The first-order valence-electron chi connectivity index (χ1n) is 7.63. The summed E-state index contributed by atoms with van der Waals surface area (Å²) < 4.78 is 1.90. The summed E-state index contributed by atoms with van der Waals surface area (Å²) in [5.41, 5.74) is 1.79. The van der Waals surface area contributed by atoms with Crippen molar-refractivity contribution in [3.8, 4) is 11.4 Å². The summed E-state index contributed by atoms with van der Waals surface area (Å²) in [6, 6.07) is 6.53. The monoisotopic (exact) mass is 344 g/mol. The highest BCUT2D eigenvalue weighted by molar-refractivity contribution is 7.71. The minimum Gasteiger partial charge on any atom is -0.508 e. The molecule has 23 heavy (non-hydrogen) atoms. The number of rotatable bonds is 1. The Hall–Kier alpha value is -1.92. The van der Waals surface area contributed by atoms with Crippen LogP contribution in [0.4, 0.5) is 0 Å². The number of hydrogen-bond donors (Lipinski definition) is 2. The van der Waals surface area contributed by atoms with Crippen LogP contribution in [0.1, 0.15) is 23.8 Å². The van der Waals surface area contributed by atoms with Crippen molar-refractivity contribution >= 4 is 33.8 Å². The third kappa shape index (κ3) is 2.33. The fraction of sp³-hybridized carbons (Fsp3) is 0.294. The Labute approximate surface area is 142 Å². The lowest BCUT2D eigenvalue weighted by Gasteiger charge is -2.17. The zero-order valence-electron chi connectivity index (χ0n) is 12.6. The second-order valence-electron chi connectivity index (χ2n) is 6.14. The quantitative estimate of drug-likeness (QED) is 0.657. The van der Waals surface area contributed by atoms with Crippen molar-refractivity contribution in [1.82, 2.24) is 9.55 Å². The molecule has 6 heteroatoms. The van der Waals surface area contributed by atoms with Crippen molar-refractivity contribution in [3.05, 3.63) is 49.8 Å². The van der Waals surface area contributed by atoms with E-state index in [-0.39, 0.29) is 11.3 Å². The van der Waals surface area contributed by atoms with Crippen LogP contribution in [0.25, 0.3) is 15.9 Å². The highest BCUT2D eigenvalue weighted by Gasteiger charge is 2.23. The number of nitrogens with one attached hydrogen (secondary N) is 1. The van der Waals surface area contributed by atoms with E-state index in [1.807, 2.05) is 0 Å². The standard InChI is InChI=1S/C17H16N2O2S2/c1-9-2-7-12-13(8-9)23-15-14(12)16(21)19(17(22)18-15)10-3-5-11(20)6-4-10/h3-6,9,20H,2,7-8H2,1H3,(H,18,22)/t9-/m1/s1. The molecule has 1 aromatic carbocycles. The van der Waals surface area contributed by atoms with E-state index >= 15 is 0 Å². The van der Waals surface area contributed by atoms with Gasteiger partial charge in [0.05, 0.1) is 11.1 Å². The fourth-order valence-corrected chi connectivity index (χ4v) is 5.02. The number of phenolic OH excluding ortho intramolecular Hbond substituents is 1. The Morgan fingerprint density at radius 3 is 2.83 bits per heavy atom. The molecular formula is C17H16N2O2S2. The number of aromatic nitrogens is 2. The second-order valence-corrected chi connectivity index (χ2v) is 7.63. The zero-order chi connectivity index (χ0) is 16.1. The summed E-state index contributed by atoms with van der Waals surface area (Å²) >= 11 is 7.06. The van der Waals surface area contributed by atoms with Gasteiger partial charge in [-0.3, -0.25) is 9.36 Å². The number of fused-ring (bicyclic) bond motifs is 3. The first-order chi connectivity index (χ1) is 11.0. The van der Waals surface area contributed by atoms with Crippen LogP contribution < -0.4 is 5.56 Å². The van der Waals surface area contributed by atoms with Gasteiger partial charge >= 0.3 is 0 Å². The van der Waals surface area contributed by atoms with E-state index < -0.39 is 0 Å². The maximum Gasteiger partial charge on any atom is 0.267 e. The molecule has 0 amide bonds. The number of thiophene rings is 1. The molecule has 0 fully saturated rings. The number of hydrogen-bond acceptors (Lipinski definition) is 4. The largest absolute Gasteiger partial charge is 0.508 e. The number of aromatic amines is 1. The summed E-state index contributed by atoms with van der Waals surface area (Å²) in [5.74, 6) is 0.831. The number of benzene rings is 1. The third-order valence-electron chi connectivity index (χ3n) is 4.46.